The van der Waals surface area contributed by atoms with Crippen LogP contribution >= 0.6 is 0 Å². The molecule has 2 aliphatic heterocycles. The van der Waals surface area contributed by atoms with E-state index in [4.69, 9.17) is 0 Å². The van der Waals surface area contributed by atoms with Crippen LogP contribution in [0.2, 0.25) is 0 Å². The first-order chi connectivity index (χ1) is 15.8. The summed E-state index contributed by atoms with van der Waals surface area (Å²) >= 11 is 0. The fourth-order valence-corrected chi connectivity index (χ4v) is 6.27. The Morgan fingerprint density at radius 1 is 1.06 bits per heavy atom. The molecular formula is C25H29N3O4S. The van der Waals surface area contributed by atoms with Gasteiger partial charge in [-0.15, -0.1) is 0 Å². The summed E-state index contributed by atoms with van der Waals surface area (Å²) < 4.78 is 27.9. The maximum atomic E-state index is 13.2. The summed E-state index contributed by atoms with van der Waals surface area (Å²) in [6, 6.07) is 12.2. The van der Waals surface area contributed by atoms with Crippen molar-refractivity contribution < 1.29 is 18.0 Å². The molecule has 2 aliphatic rings. The molecule has 2 aromatic rings. The van der Waals surface area contributed by atoms with Crippen LogP contribution in [0.25, 0.3) is 6.08 Å². The van der Waals surface area contributed by atoms with Gasteiger partial charge in [-0.3, -0.25) is 9.59 Å². The summed E-state index contributed by atoms with van der Waals surface area (Å²) in [4.78, 5) is 26.9. The number of aryl methyl sites for hydroxylation is 1. The molecular weight excluding hydrogens is 438 g/mol. The lowest BCUT2D eigenvalue weighted by Crippen LogP contribution is -2.36. The van der Waals surface area contributed by atoms with Crippen LogP contribution in [0.3, 0.4) is 0 Å². The van der Waals surface area contributed by atoms with Gasteiger partial charge in [0.05, 0.1) is 17.4 Å². The zero-order valence-corrected chi connectivity index (χ0v) is 19.8. The number of hydrogen-bond acceptors (Lipinski definition) is 4. The van der Waals surface area contributed by atoms with E-state index in [1.54, 1.807) is 30.2 Å². The van der Waals surface area contributed by atoms with Crippen LogP contribution in [0.5, 0.6) is 0 Å². The third-order valence-corrected chi connectivity index (χ3v) is 8.29. The minimum Gasteiger partial charge on any atom is -0.326 e. The fourth-order valence-electron chi connectivity index (χ4n) is 4.50. The number of anilines is 1. The van der Waals surface area contributed by atoms with Crippen LogP contribution in [0.15, 0.2) is 53.6 Å². The lowest BCUT2D eigenvalue weighted by Gasteiger charge is -2.32. The zero-order valence-electron chi connectivity index (χ0n) is 19.0. The molecule has 0 aliphatic carbocycles. The second-order valence-electron chi connectivity index (χ2n) is 8.58. The van der Waals surface area contributed by atoms with Crippen LogP contribution in [0.4, 0.5) is 5.69 Å². The number of carbonyl (C=O) groups excluding carboxylic acids is 2. The highest BCUT2D eigenvalue weighted by Gasteiger charge is 2.30. The van der Waals surface area contributed by atoms with Gasteiger partial charge >= 0.3 is 0 Å². The molecule has 1 atom stereocenters. The maximum absolute atomic E-state index is 13.2. The second-order valence-corrected chi connectivity index (χ2v) is 10.5. The van der Waals surface area contributed by atoms with Crippen molar-refractivity contribution in [1.82, 2.24) is 9.21 Å². The van der Waals surface area contributed by atoms with E-state index >= 15 is 0 Å². The van der Waals surface area contributed by atoms with E-state index in [1.165, 1.54) is 17.3 Å². The van der Waals surface area contributed by atoms with E-state index in [2.05, 4.69) is 5.32 Å². The molecule has 8 heteroatoms. The number of fused-ring (bicyclic) bond motifs is 1. The van der Waals surface area contributed by atoms with Crippen molar-refractivity contribution in [2.45, 2.75) is 50.5 Å². The van der Waals surface area contributed by atoms with Crippen LogP contribution < -0.4 is 5.32 Å². The topological polar surface area (TPSA) is 86.8 Å². The highest BCUT2D eigenvalue weighted by atomic mass is 32.2. The summed E-state index contributed by atoms with van der Waals surface area (Å²) in [5.41, 5.74) is 2.95. The van der Waals surface area contributed by atoms with Gasteiger partial charge in [-0.2, -0.15) is 4.31 Å². The highest BCUT2D eigenvalue weighted by molar-refractivity contribution is 7.89. The molecule has 33 heavy (non-hydrogen) atoms. The molecule has 1 unspecified atom stereocenters. The predicted molar refractivity (Wildman–Crippen MR) is 128 cm³/mol. The number of nitrogens with one attached hydrogen (secondary N) is 1. The van der Waals surface area contributed by atoms with Crippen LogP contribution in [-0.4, -0.2) is 42.5 Å². The lowest BCUT2D eigenvalue weighted by atomic mass is 9.93. The number of hydrogen-bond donors (Lipinski definition) is 1. The Morgan fingerprint density at radius 3 is 2.52 bits per heavy atom. The molecule has 1 fully saturated rings. The molecule has 0 aromatic heterocycles. The van der Waals surface area contributed by atoms with Crippen LogP contribution in [-0.2, 0) is 19.6 Å². The minimum absolute atomic E-state index is 0.0585. The largest absolute Gasteiger partial charge is 0.326 e. The quantitative estimate of drug-likeness (QED) is 0.718. The molecule has 7 nitrogen and oxygen atoms in total. The van der Waals surface area contributed by atoms with Gasteiger partial charge < -0.3 is 10.2 Å². The average Bonchev–Trinajstić information content (AvgIpc) is 2.80. The van der Waals surface area contributed by atoms with Crippen molar-refractivity contribution >= 4 is 33.6 Å². The Morgan fingerprint density at radius 2 is 1.79 bits per heavy atom. The summed E-state index contributed by atoms with van der Waals surface area (Å²) in [6.45, 7) is 4.28. The van der Waals surface area contributed by atoms with Gasteiger partial charge in [0, 0.05) is 31.9 Å². The molecule has 2 amide bonds. The van der Waals surface area contributed by atoms with Crippen molar-refractivity contribution in [1.29, 1.82) is 0 Å². The third kappa shape index (κ3) is 4.86. The maximum Gasteiger partial charge on any atom is 0.243 e. The molecule has 2 heterocycles. The van der Waals surface area contributed by atoms with Crippen molar-refractivity contribution in [3.8, 4) is 0 Å². The first-order valence-corrected chi connectivity index (χ1v) is 12.7. The van der Waals surface area contributed by atoms with Gasteiger partial charge in [-0.1, -0.05) is 36.8 Å². The predicted octanol–water partition coefficient (Wildman–Crippen LogP) is 4.07. The smallest absolute Gasteiger partial charge is 0.243 e. The van der Waals surface area contributed by atoms with E-state index < -0.39 is 16.1 Å². The Labute approximate surface area is 195 Å². The number of rotatable bonds is 5. The van der Waals surface area contributed by atoms with Gasteiger partial charge in [-0.25, -0.2) is 8.42 Å². The molecule has 174 valence electrons. The van der Waals surface area contributed by atoms with Gasteiger partial charge in [0.1, 0.15) is 0 Å². The standard InChI is InChI=1S/C25H29N3O4S/c1-18-10-11-21(16-24(18)33(31,32)27-13-6-3-7-14-27)26-25(30)17-23-22-9-5-4-8-20(22)12-15-28(23)19(2)29/h4-5,8-12,15-16,23H,3,6-7,13-14,17H2,1-2H3,(H,26,30). The van der Waals surface area contributed by atoms with Crippen molar-refractivity contribution in [2.24, 2.45) is 0 Å². The number of piperidine rings is 1. The fraction of sp³-hybridized carbons (Fsp3) is 0.360. The van der Waals surface area contributed by atoms with Crippen LogP contribution in [0, 0.1) is 6.92 Å². The number of carbonyl (C=O) groups is 2. The molecule has 1 saturated heterocycles. The lowest BCUT2D eigenvalue weighted by molar-refractivity contribution is -0.129. The van der Waals surface area contributed by atoms with Gasteiger partial charge in [0.15, 0.2) is 0 Å². The first kappa shape index (κ1) is 23.2. The molecule has 0 bridgehead atoms. The molecule has 4 rings (SSSR count). The molecule has 0 spiro atoms. The minimum atomic E-state index is -3.62. The van der Waals surface area contributed by atoms with Crippen molar-refractivity contribution in [3.05, 3.63) is 65.4 Å². The average molecular weight is 468 g/mol. The Bertz CT molecular complexity index is 1200. The summed E-state index contributed by atoms with van der Waals surface area (Å²) in [6.07, 6.45) is 6.39. The molecule has 1 N–H and O–H groups in total. The van der Waals surface area contributed by atoms with Gasteiger partial charge in [0.25, 0.3) is 0 Å². The summed E-state index contributed by atoms with van der Waals surface area (Å²) in [5.74, 6) is -0.440. The summed E-state index contributed by atoms with van der Waals surface area (Å²) in [5, 5.41) is 2.84. The zero-order chi connectivity index (χ0) is 23.6. The van der Waals surface area contributed by atoms with E-state index in [-0.39, 0.29) is 23.1 Å². The molecule has 2 aromatic carbocycles. The second kappa shape index (κ2) is 9.49. The Hall–Kier alpha value is -2.97. The number of amides is 2. The molecule has 0 saturated carbocycles. The number of nitrogens with zero attached hydrogens (tertiary/aromatic N) is 2. The van der Waals surface area contributed by atoms with Crippen molar-refractivity contribution in [3.63, 3.8) is 0 Å². The van der Waals surface area contributed by atoms with Crippen LogP contribution in [0.1, 0.15) is 55.3 Å². The van der Waals surface area contributed by atoms with E-state index in [9.17, 15) is 18.0 Å². The monoisotopic (exact) mass is 467 g/mol. The Kier molecular flexibility index (Phi) is 6.67. The Balaban J connectivity index is 1.55. The molecule has 0 radical (unpaired) electrons. The van der Waals surface area contributed by atoms with Gasteiger partial charge in [0.2, 0.25) is 21.8 Å². The number of benzene rings is 2. The first-order valence-electron chi connectivity index (χ1n) is 11.2. The van der Waals surface area contributed by atoms with E-state index in [0.29, 0.717) is 24.3 Å². The normalized spacial score (nSPS) is 18.6. The number of sulfonamides is 1. The van der Waals surface area contributed by atoms with Gasteiger partial charge in [-0.05, 0) is 54.7 Å². The highest BCUT2D eigenvalue weighted by Crippen LogP contribution is 2.33. The summed E-state index contributed by atoms with van der Waals surface area (Å²) in [7, 11) is -3.62. The third-order valence-electron chi connectivity index (χ3n) is 6.25. The van der Waals surface area contributed by atoms with E-state index in [0.717, 1.165) is 30.4 Å². The SMILES string of the molecule is CC(=O)N1C=Cc2ccccc2C1CC(=O)Nc1ccc(C)c(S(=O)(=O)N2CCCCC2)c1. The van der Waals surface area contributed by atoms with Crippen molar-refractivity contribution in [2.75, 3.05) is 18.4 Å². The van der Waals surface area contributed by atoms with E-state index in [1.807, 2.05) is 30.3 Å².